The quantitative estimate of drug-likeness (QED) is 0.786. The molecule has 1 aliphatic heterocycles. The van der Waals surface area contributed by atoms with Crippen LogP contribution in [0.15, 0.2) is 54.6 Å². The maximum atomic E-state index is 12.3. The van der Waals surface area contributed by atoms with Crippen LogP contribution < -0.4 is 4.90 Å². The van der Waals surface area contributed by atoms with Crippen molar-refractivity contribution in [1.29, 1.82) is 0 Å². The Hall–Kier alpha value is -2.09. The molecule has 2 aromatic rings. The number of amides is 1. The maximum Gasteiger partial charge on any atom is 0.234 e. The number of hydrogen-bond donors (Lipinski definition) is 0. The average molecular weight is 237 g/mol. The number of fused-ring (bicyclic) bond motifs is 1. The molecule has 3 rings (SSSR count). The van der Waals surface area contributed by atoms with Gasteiger partial charge >= 0.3 is 0 Å². The number of rotatable bonds is 2. The fraction of sp³-hybridized carbons (Fsp3) is 0.188. The normalized spacial score (nSPS) is 17.9. The molecule has 2 aromatic carbocycles. The van der Waals surface area contributed by atoms with Gasteiger partial charge in [-0.2, -0.15) is 0 Å². The lowest BCUT2D eigenvalue weighted by Crippen LogP contribution is -2.24. The first-order valence-corrected chi connectivity index (χ1v) is 6.18. The number of anilines is 1. The molecule has 0 aromatic heterocycles. The van der Waals surface area contributed by atoms with Crippen LogP contribution in [-0.4, -0.2) is 13.0 Å². The largest absolute Gasteiger partial charge is 0.315 e. The summed E-state index contributed by atoms with van der Waals surface area (Å²) in [6, 6.07) is 18.2. The van der Waals surface area contributed by atoms with Gasteiger partial charge in [0.15, 0.2) is 0 Å². The Morgan fingerprint density at radius 3 is 2.44 bits per heavy atom. The summed E-state index contributed by atoms with van der Waals surface area (Å²) >= 11 is 0. The van der Waals surface area contributed by atoms with Crippen LogP contribution in [-0.2, 0) is 11.2 Å². The molecule has 0 spiro atoms. The molecule has 1 amide bonds. The number of benzene rings is 2. The minimum absolute atomic E-state index is 0.0337. The van der Waals surface area contributed by atoms with Crippen LogP contribution in [0, 0.1) is 0 Å². The number of likely N-dealkylation sites (N-methyl/N-ethyl adjacent to an activating group) is 1. The minimum Gasteiger partial charge on any atom is -0.315 e. The summed E-state index contributed by atoms with van der Waals surface area (Å²) in [5.41, 5.74) is 3.40. The van der Waals surface area contributed by atoms with E-state index < -0.39 is 0 Å². The molecule has 18 heavy (non-hydrogen) atoms. The molecule has 2 heteroatoms. The second kappa shape index (κ2) is 4.30. The zero-order chi connectivity index (χ0) is 12.5. The van der Waals surface area contributed by atoms with Crippen LogP contribution in [0.3, 0.4) is 0 Å². The summed E-state index contributed by atoms with van der Waals surface area (Å²) in [5.74, 6) is 0.161. The molecule has 0 radical (unpaired) electrons. The van der Waals surface area contributed by atoms with Gasteiger partial charge in [-0.25, -0.2) is 0 Å². The SMILES string of the molecule is CN1C(=O)C(Cc2ccccc2)c2ccccc21. The van der Waals surface area contributed by atoms with Crippen LogP contribution in [0.5, 0.6) is 0 Å². The second-order valence-corrected chi connectivity index (χ2v) is 4.70. The van der Waals surface area contributed by atoms with E-state index in [1.54, 1.807) is 4.90 Å². The number of hydrogen-bond acceptors (Lipinski definition) is 1. The lowest BCUT2D eigenvalue weighted by Gasteiger charge is -2.11. The Labute approximate surface area is 107 Å². The molecule has 0 saturated heterocycles. The zero-order valence-electron chi connectivity index (χ0n) is 10.3. The number of para-hydroxylation sites is 1. The fourth-order valence-electron chi connectivity index (χ4n) is 2.62. The van der Waals surface area contributed by atoms with E-state index in [1.165, 1.54) is 5.56 Å². The van der Waals surface area contributed by atoms with Gasteiger partial charge in [0, 0.05) is 12.7 Å². The lowest BCUT2D eigenvalue weighted by molar-refractivity contribution is -0.119. The molecule has 0 N–H and O–H groups in total. The Bertz CT molecular complexity index is 577. The van der Waals surface area contributed by atoms with Gasteiger partial charge in [-0.15, -0.1) is 0 Å². The zero-order valence-corrected chi connectivity index (χ0v) is 10.3. The van der Waals surface area contributed by atoms with E-state index in [9.17, 15) is 4.79 Å². The molecule has 1 atom stereocenters. The fourth-order valence-corrected chi connectivity index (χ4v) is 2.62. The second-order valence-electron chi connectivity index (χ2n) is 4.70. The third-order valence-corrected chi connectivity index (χ3v) is 3.58. The Morgan fingerprint density at radius 1 is 1.00 bits per heavy atom. The summed E-state index contributed by atoms with van der Waals surface area (Å²) in [6.45, 7) is 0. The Balaban J connectivity index is 1.96. The van der Waals surface area contributed by atoms with Crippen molar-refractivity contribution in [1.82, 2.24) is 0 Å². The topological polar surface area (TPSA) is 20.3 Å². The average Bonchev–Trinajstić information content (AvgIpc) is 2.66. The van der Waals surface area contributed by atoms with Crippen LogP contribution >= 0.6 is 0 Å². The minimum atomic E-state index is -0.0337. The highest BCUT2D eigenvalue weighted by Gasteiger charge is 2.34. The molecule has 2 nitrogen and oxygen atoms in total. The first-order valence-electron chi connectivity index (χ1n) is 6.18. The van der Waals surface area contributed by atoms with Gasteiger partial charge in [0.05, 0.1) is 5.92 Å². The standard InChI is InChI=1S/C16H15NO/c1-17-15-10-6-5-9-13(15)14(16(17)18)11-12-7-3-2-4-8-12/h2-10,14H,11H2,1H3. The molecule has 0 aliphatic carbocycles. The van der Waals surface area contributed by atoms with Gasteiger partial charge < -0.3 is 4.90 Å². The first-order chi connectivity index (χ1) is 8.77. The highest BCUT2D eigenvalue weighted by atomic mass is 16.2. The molecular weight excluding hydrogens is 222 g/mol. The van der Waals surface area contributed by atoms with E-state index in [0.29, 0.717) is 0 Å². The van der Waals surface area contributed by atoms with Crippen LogP contribution in [0.25, 0.3) is 0 Å². The van der Waals surface area contributed by atoms with Crippen molar-refractivity contribution in [2.45, 2.75) is 12.3 Å². The van der Waals surface area contributed by atoms with Crippen molar-refractivity contribution < 1.29 is 4.79 Å². The van der Waals surface area contributed by atoms with E-state index in [-0.39, 0.29) is 11.8 Å². The van der Waals surface area contributed by atoms with E-state index >= 15 is 0 Å². The third kappa shape index (κ3) is 1.70. The summed E-state index contributed by atoms with van der Waals surface area (Å²) < 4.78 is 0. The molecular formula is C16H15NO. The number of carbonyl (C=O) groups excluding carboxylic acids is 1. The lowest BCUT2D eigenvalue weighted by atomic mass is 9.93. The van der Waals surface area contributed by atoms with Gasteiger partial charge in [0.1, 0.15) is 0 Å². The van der Waals surface area contributed by atoms with Crippen molar-refractivity contribution in [3.05, 3.63) is 65.7 Å². The van der Waals surface area contributed by atoms with E-state index in [0.717, 1.165) is 17.7 Å². The van der Waals surface area contributed by atoms with E-state index in [1.807, 2.05) is 43.4 Å². The summed E-state index contributed by atoms with van der Waals surface area (Å²) in [4.78, 5) is 14.1. The molecule has 0 fully saturated rings. The highest BCUT2D eigenvalue weighted by Crippen LogP contribution is 2.37. The maximum absolute atomic E-state index is 12.3. The summed E-state index contributed by atoms with van der Waals surface area (Å²) in [5, 5.41) is 0. The monoisotopic (exact) mass is 237 g/mol. The number of nitrogens with zero attached hydrogens (tertiary/aromatic N) is 1. The Morgan fingerprint density at radius 2 is 1.67 bits per heavy atom. The van der Waals surface area contributed by atoms with Crippen LogP contribution in [0.2, 0.25) is 0 Å². The first kappa shape index (κ1) is 11.0. The van der Waals surface area contributed by atoms with Crippen LogP contribution in [0.4, 0.5) is 5.69 Å². The Kier molecular flexibility index (Phi) is 2.63. The molecule has 90 valence electrons. The molecule has 1 heterocycles. The molecule has 0 bridgehead atoms. The van der Waals surface area contributed by atoms with E-state index in [2.05, 4.69) is 18.2 Å². The van der Waals surface area contributed by atoms with Crippen molar-refractivity contribution in [2.75, 3.05) is 11.9 Å². The van der Waals surface area contributed by atoms with Gasteiger partial charge in [-0.05, 0) is 23.6 Å². The predicted octanol–water partition coefficient (Wildman–Crippen LogP) is 2.99. The third-order valence-electron chi connectivity index (χ3n) is 3.58. The smallest absolute Gasteiger partial charge is 0.234 e. The summed E-state index contributed by atoms with van der Waals surface area (Å²) in [6.07, 6.45) is 0.779. The van der Waals surface area contributed by atoms with Crippen molar-refractivity contribution in [3.63, 3.8) is 0 Å². The number of carbonyl (C=O) groups is 1. The van der Waals surface area contributed by atoms with Crippen molar-refractivity contribution in [2.24, 2.45) is 0 Å². The molecule has 0 saturated carbocycles. The molecule has 1 aliphatic rings. The van der Waals surface area contributed by atoms with Gasteiger partial charge in [0.25, 0.3) is 0 Å². The molecule has 1 unspecified atom stereocenters. The van der Waals surface area contributed by atoms with Gasteiger partial charge in [-0.3, -0.25) is 4.79 Å². The highest BCUT2D eigenvalue weighted by molar-refractivity contribution is 6.04. The van der Waals surface area contributed by atoms with Crippen molar-refractivity contribution in [3.8, 4) is 0 Å². The predicted molar refractivity (Wildman–Crippen MR) is 72.7 cm³/mol. The van der Waals surface area contributed by atoms with Crippen LogP contribution in [0.1, 0.15) is 17.0 Å². The van der Waals surface area contributed by atoms with E-state index in [4.69, 9.17) is 0 Å². The van der Waals surface area contributed by atoms with Gasteiger partial charge in [-0.1, -0.05) is 48.5 Å². The summed E-state index contributed by atoms with van der Waals surface area (Å²) in [7, 11) is 1.85. The van der Waals surface area contributed by atoms with Gasteiger partial charge in [0.2, 0.25) is 5.91 Å². The van der Waals surface area contributed by atoms with Crippen molar-refractivity contribution >= 4 is 11.6 Å².